The molecule has 0 spiro atoms. The van der Waals surface area contributed by atoms with Crippen LogP contribution < -0.4 is 15.8 Å². The van der Waals surface area contributed by atoms with Gasteiger partial charge in [0.2, 0.25) is 0 Å². The van der Waals surface area contributed by atoms with Gasteiger partial charge in [-0.3, -0.25) is 9.59 Å². The molecule has 0 saturated carbocycles. The highest BCUT2D eigenvalue weighted by atomic mass is 35.5. The first kappa shape index (κ1) is 28.5. The highest BCUT2D eigenvalue weighted by Gasteiger charge is 2.33. The molecule has 1 aliphatic heterocycles. The Hall–Kier alpha value is -4.02. The number of carbonyl (C=O) groups excluding carboxylic acids is 2. The number of fused-ring (bicyclic) bond motifs is 1. The molecule has 2 amide bonds. The lowest BCUT2D eigenvalue weighted by Crippen LogP contribution is -2.42. The van der Waals surface area contributed by atoms with Crippen molar-refractivity contribution in [1.82, 2.24) is 15.2 Å². The third-order valence-electron chi connectivity index (χ3n) is 7.14. The third kappa shape index (κ3) is 6.49. The summed E-state index contributed by atoms with van der Waals surface area (Å²) in [6.45, 7) is 1.39. The number of alkyl halides is 3. The summed E-state index contributed by atoms with van der Waals surface area (Å²) in [6.07, 6.45) is -0.949. The number of ether oxygens (including phenoxy) is 1. The quantitative estimate of drug-likeness (QED) is 0.239. The first-order valence-electron chi connectivity index (χ1n) is 13.2. The maximum atomic E-state index is 13.4. The minimum atomic E-state index is -5.01. The van der Waals surface area contributed by atoms with Crippen molar-refractivity contribution in [1.29, 1.82) is 0 Å². The van der Waals surface area contributed by atoms with Crippen molar-refractivity contribution in [3.8, 4) is 16.9 Å². The smallest absolute Gasteiger partial charge is 0.405 e. The monoisotopic (exact) mass is 584 g/mol. The van der Waals surface area contributed by atoms with E-state index >= 15 is 0 Å². The van der Waals surface area contributed by atoms with Crippen molar-refractivity contribution < 1.29 is 27.5 Å². The Bertz CT molecular complexity index is 1580. The van der Waals surface area contributed by atoms with E-state index < -0.39 is 24.1 Å². The van der Waals surface area contributed by atoms with Gasteiger partial charge in [-0.15, -0.1) is 13.2 Å². The van der Waals surface area contributed by atoms with Crippen LogP contribution >= 0.6 is 11.6 Å². The SMILES string of the molecule is NCC(Cc1c[nH]c2ccccc12)NC(=O)c1cc(-c2ccc(C(=O)N3CCCC3)c(Cl)c2)ccc1OC(F)(F)F. The van der Waals surface area contributed by atoms with E-state index in [-0.39, 0.29) is 23.0 Å². The number of H-pyrrole nitrogens is 1. The predicted octanol–water partition coefficient (Wildman–Crippen LogP) is 5.92. The van der Waals surface area contributed by atoms with E-state index in [1.165, 1.54) is 12.1 Å². The Morgan fingerprint density at radius 3 is 2.44 bits per heavy atom. The average molecular weight is 585 g/mol. The van der Waals surface area contributed by atoms with Crippen LogP contribution in [0.15, 0.2) is 66.9 Å². The third-order valence-corrected chi connectivity index (χ3v) is 7.45. The van der Waals surface area contributed by atoms with E-state index in [4.69, 9.17) is 17.3 Å². The molecule has 1 atom stereocenters. The number of aromatic amines is 1. The highest BCUT2D eigenvalue weighted by Crippen LogP contribution is 2.33. The van der Waals surface area contributed by atoms with Crippen LogP contribution in [0.3, 0.4) is 0 Å². The maximum absolute atomic E-state index is 13.4. The van der Waals surface area contributed by atoms with Crippen molar-refractivity contribution >= 4 is 34.3 Å². The molecule has 3 aromatic carbocycles. The number of nitrogens with two attached hydrogens (primary N) is 1. The van der Waals surface area contributed by atoms with Crippen molar-refractivity contribution in [3.63, 3.8) is 0 Å². The normalized spacial score (nSPS) is 14.3. The topological polar surface area (TPSA) is 100 Å². The summed E-state index contributed by atoms with van der Waals surface area (Å²) in [5.41, 5.74) is 8.75. The number of halogens is 4. The summed E-state index contributed by atoms with van der Waals surface area (Å²) < 4.78 is 43.8. The number of rotatable bonds is 8. The highest BCUT2D eigenvalue weighted by molar-refractivity contribution is 6.34. The molecule has 4 aromatic rings. The van der Waals surface area contributed by atoms with Gasteiger partial charge in [-0.1, -0.05) is 41.9 Å². The molecule has 7 nitrogen and oxygen atoms in total. The fraction of sp³-hybridized carbons (Fsp3) is 0.267. The van der Waals surface area contributed by atoms with E-state index in [2.05, 4.69) is 15.0 Å². The van der Waals surface area contributed by atoms with Gasteiger partial charge in [0.05, 0.1) is 16.1 Å². The van der Waals surface area contributed by atoms with Gasteiger partial charge in [0, 0.05) is 42.8 Å². The summed E-state index contributed by atoms with van der Waals surface area (Å²) in [7, 11) is 0. The molecule has 214 valence electrons. The molecule has 4 N–H and O–H groups in total. The Labute approximate surface area is 239 Å². The molecule has 0 radical (unpaired) electrons. The van der Waals surface area contributed by atoms with Crippen molar-refractivity contribution in [2.75, 3.05) is 19.6 Å². The molecule has 5 rings (SSSR count). The largest absolute Gasteiger partial charge is 0.573 e. The van der Waals surface area contributed by atoms with Crippen LogP contribution in [-0.4, -0.2) is 53.7 Å². The zero-order valence-electron chi connectivity index (χ0n) is 21.9. The molecule has 0 bridgehead atoms. The lowest BCUT2D eigenvalue weighted by atomic mass is 9.99. The van der Waals surface area contributed by atoms with Gasteiger partial charge >= 0.3 is 6.36 Å². The second-order valence-corrected chi connectivity index (χ2v) is 10.3. The number of amides is 2. The van der Waals surface area contributed by atoms with Crippen LogP contribution in [0.25, 0.3) is 22.0 Å². The van der Waals surface area contributed by atoms with E-state index in [1.54, 1.807) is 23.1 Å². The first-order chi connectivity index (χ1) is 19.6. The Kier molecular flexibility index (Phi) is 8.23. The fourth-order valence-corrected chi connectivity index (χ4v) is 5.34. The molecular weight excluding hydrogens is 557 g/mol. The predicted molar refractivity (Wildman–Crippen MR) is 151 cm³/mol. The number of aromatic nitrogens is 1. The zero-order chi connectivity index (χ0) is 29.1. The second kappa shape index (κ2) is 11.8. The molecule has 1 saturated heterocycles. The number of benzene rings is 3. The minimum absolute atomic E-state index is 0.0581. The van der Waals surface area contributed by atoms with Gasteiger partial charge in [-0.25, -0.2) is 0 Å². The molecule has 1 unspecified atom stereocenters. The molecule has 41 heavy (non-hydrogen) atoms. The van der Waals surface area contributed by atoms with Gasteiger partial charge in [0.15, 0.2) is 0 Å². The molecule has 0 aliphatic carbocycles. The van der Waals surface area contributed by atoms with Crippen LogP contribution in [0.5, 0.6) is 5.75 Å². The van der Waals surface area contributed by atoms with E-state index in [9.17, 15) is 22.8 Å². The summed E-state index contributed by atoms with van der Waals surface area (Å²) in [5.74, 6) is -1.59. The minimum Gasteiger partial charge on any atom is -0.405 e. The van der Waals surface area contributed by atoms with Crippen LogP contribution in [0, 0.1) is 0 Å². The standard InChI is InChI=1S/C30H28ClF3N4O3/c31-25-15-19(7-9-23(25)29(40)38-11-3-4-12-38)18-8-10-27(41-30(32,33)34)24(14-18)28(39)37-21(16-35)13-20-17-36-26-6-2-1-5-22(20)26/h1-2,5-10,14-15,17,21,36H,3-4,11-13,16,35H2,(H,37,39). The van der Waals surface area contributed by atoms with Crippen LogP contribution in [0.1, 0.15) is 39.1 Å². The number of nitrogens with zero attached hydrogens (tertiary/aromatic N) is 1. The molecule has 1 aliphatic rings. The van der Waals surface area contributed by atoms with Gasteiger partial charge in [-0.05, 0) is 66.3 Å². The molecule has 2 heterocycles. The maximum Gasteiger partial charge on any atom is 0.573 e. The number of hydrogen-bond donors (Lipinski definition) is 3. The van der Waals surface area contributed by atoms with Crippen LogP contribution in [-0.2, 0) is 6.42 Å². The van der Waals surface area contributed by atoms with Gasteiger partial charge in [-0.2, -0.15) is 0 Å². The van der Waals surface area contributed by atoms with Crippen LogP contribution in [0.2, 0.25) is 5.02 Å². The Balaban J connectivity index is 1.42. The number of para-hydroxylation sites is 1. The molecule has 11 heteroatoms. The summed E-state index contributed by atoms with van der Waals surface area (Å²) in [4.78, 5) is 31.1. The van der Waals surface area contributed by atoms with Gasteiger partial charge < -0.3 is 25.7 Å². The number of hydrogen-bond acceptors (Lipinski definition) is 4. The van der Waals surface area contributed by atoms with E-state index in [1.807, 2.05) is 30.5 Å². The second-order valence-electron chi connectivity index (χ2n) is 9.92. The Morgan fingerprint density at radius 1 is 1.02 bits per heavy atom. The number of carbonyl (C=O) groups is 2. The molecule has 1 fully saturated rings. The van der Waals surface area contributed by atoms with Crippen molar-refractivity contribution in [3.05, 3.63) is 88.6 Å². The molecular formula is C30H28ClF3N4O3. The lowest BCUT2D eigenvalue weighted by molar-refractivity contribution is -0.274. The average Bonchev–Trinajstić information content (AvgIpc) is 3.62. The lowest BCUT2D eigenvalue weighted by Gasteiger charge is -2.19. The Morgan fingerprint density at radius 2 is 1.73 bits per heavy atom. The first-order valence-corrected chi connectivity index (χ1v) is 13.6. The van der Waals surface area contributed by atoms with Crippen molar-refractivity contribution in [2.45, 2.75) is 31.7 Å². The summed E-state index contributed by atoms with van der Waals surface area (Å²) in [5, 5.41) is 3.93. The summed E-state index contributed by atoms with van der Waals surface area (Å²) in [6, 6.07) is 15.7. The summed E-state index contributed by atoms with van der Waals surface area (Å²) >= 11 is 6.45. The van der Waals surface area contributed by atoms with Gasteiger partial charge in [0.25, 0.3) is 11.8 Å². The number of nitrogens with one attached hydrogen (secondary N) is 2. The van der Waals surface area contributed by atoms with Gasteiger partial charge in [0.1, 0.15) is 5.75 Å². The van der Waals surface area contributed by atoms with E-state index in [0.717, 1.165) is 35.4 Å². The number of likely N-dealkylation sites (tertiary alicyclic amines) is 1. The van der Waals surface area contributed by atoms with E-state index in [0.29, 0.717) is 36.2 Å². The van der Waals surface area contributed by atoms with Crippen LogP contribution in [0.4, 0.5) is 13.2 Å². The zero-order valence-corrected chi connectivity index (χ0v) is 22.7. The van der Waals surface area contributed by atoms with Crippen molar-refractivity contribution in [2.24, 2.45) is 5.73 Å². The molecule has 1 aromatic heterocycles. The fourth-order valence-electron chi connectivity index (χ4n) is 5.08.